The van der Waals surface area contributed by atoms with Gasteiger partial charge >= 0.3 is 0 Å². The maximum Gasteiger partial charge on any atom is 0.142 e. The van der Waals surface area contributed by atoms with Gasteiger partial charge in [0.25, 0.3) is 0 Å². The maximum atomic E-state index is 13.6. The van der Waals surface area contributed by atoms with Crippen molar-refractivity contribution in [3.05, 3.63) is 64.9 Å². The zero-order chi connectivity index (χ0) is 13.8. The van der Waals surface area contributed by atoms with Crippen molar-refractivity contribution >= 4 is 17.3 Å². The number of rotatable bonds is 4. The third-order valence-corrected chi connectivity index (χ3v) is 3.49. The summed E-state index contributed by atoms with van der Waals surface area (Å²) in [6.45, 7) is 0.395. The van der Waals surface area contributed by atoms with Crippen LogP contribution in [-0.4, -0.2) is 13.6 Å². The Balaban J connectivity index is 2.31. The van der Waals surface area contributed by atoms with Crippen molar-refractivity contribution in [2.45, 2.75) is 6.04 Å². The summed E-state index contributed by atoms with van der Waals surface area (Å²) in [5.74, 6) is -0.418. The van der Waals surface area contributed by atoms with Gasteiger partial charge in [-0.3, -0.25) is 0 Å². The van der Waals surface area contributed by atoms with Crippen LogP contribution in [0.25, 0.3) is 0 Å². The van der Waals surface area contributed by atoms with E-state index >= 15 is 0 Å². The first kappa shape index (κ1) is 13.8. The van der Waals surface area contributed by atoms with Crippen LogP contribution in [0.5, 0.6) is 0 Å². The van der Waals surface area contributed by atoms with Gasteiger partial charge in [0.2, 0.25) is 0 Å². The first-order valence-corrected chi connectivity index (χ1v) is 6.44. The van der Waals surface area contributed by atoms with Crippen LogP contribution in [0, 0.1) is 5.82 Å². The van der Waals surface area contributed by atoms with E-state index in [1.807, 2.05) is 48.3 Å². The summed E-state index contributed by atoms with van der Waals surface area (Å²) >= 11 is 5.71. The van der Waals surface area contributed by atoms with E-state index < -0.39 is 5.82 Å². The van der Waals surface area contributed by atoms with Crippen LogP contribution in [0.15, 0.2) is 48.5 Å². The predicted octanol–water partition coefficient (Wildman–Crippen LogP) is 3.62. The molecule has 2 rings (SSSR count). The van der Waals surface area contributed by atoms with Crippen molar-refractivity contribution in [3.63, 3.8) is 0 Å². The molecule has 0 radical (unpaired) electrons. The predicted molar refractivity (Wildman–Crippen MR) is 78.1 cm³/mol. The lowest BCUT2D eigenvalue weighted by molar-refractivity contribution is 0.615. The Bertz CT molecular complexity index is 545. The Morgan fingerprint density at radius 2 is 1.89 bits per heavy atom. The average Bonchev–Trinajstić information content (AvgIpc) is 2.44. The smallest absolute Gasteiger partial charge is 0.142 e. The van der Waals surface area contributed by atoms with Crippen molar-refractivity contribution in [2.75, 3.05) is 18.5 Å². The zero-order valence-corrected chi connectivity index (χ0v) is 11.4. The lowest BCUT2D eigenvalue weighted by Gasteiger charge is -2.29. The minimum Gasteiger partial charge on any atom is -0.366 e. The summed E-state index contributed by atoms with van der Waals surface area (Å²) < 4.78 is 13.6. The lowest BCUT2D eigenvalue weighted by Crippen LogP contribution is -2.30. The van der Waals surface area contributed by atoms with Crippen molar-refractivity contribution < 1.29 is 4.39 Å². The first-order chi connectivity index (χ1) is 9.13. The molecule has 2 nitrogen and oxygen atoms in total. The molecule has 0 aliphatic carbocycles. The van der Waals surface area contributed by atoms with Gasteiger partial charge in [-0.25, -0.2) is 4.39 Å². The minimum absolute atomic E-state index is 0.0887. The van der Waals surface area contributed by atoms with E-state index in [1.54, 1.807) is 6.07 Å². The maximum absolute atomic E-state index is 13.6. The Morgan fingerprint density at radius 1 is 1.21 bits per heavy atom. The van der Waals surface area contributed by atoms with Gasteiger partial charge in [0, 0.05) is 19.3 Å². The number of hydrogen-bond donors (Lipinski definition) is 1. The number of nitrogens with two attached hydrogens (primary N) is 1. The Labute approximate surface area is 117 Å². The third-order valence-electron chi connectivity index (χ3n) is 3.18. The number of hydrogen-bond acceptors (Lipinski definition) is 2. The molecule has 2 aromatic rings. The first-order valence-electron chi connectivity index (χ1n) is 6.06. The fourth-order valence-electron chi connectivity index (χ4n) is 2.08. The monoisotopic (exact) mass is 278 g/mol. The van der Waals surface area contributed by atoms with Gasteiger partial charge in [-0.1, -0.05) is 35.9 Å². The summed E-state index contributed by atoms with van der Waals surface area (Å²) in [6, 6.07) is 14.6. The molecular formula is C15H16ClFN2. The number of anilines is 1. The van der Waals surface area contributed by atoms with Crippen molar-refractivity contribution in [2.24, 2.45) is 5.73 Å². The van der Waals surface area contributed by atoms with Gasteiger partial charge in [-0.15, -0.1) is 0 Å². The lowest BCUT2D eigenvalue weighted by atomic mass is 10.0. The molecule has 0 aliphatic heterocycles. The van der Waals surface area contributed by atoms with Gasteiger partial charge in [-0.05, 0) is 29.8 Å². The highest BCUT2D eigenvalue weighted by Crippen LogP contribution is 2.27. The van der Waals surface area contributed by atoms with E-state index in [0.717, 1.165) is 11.3 Å². The van der Waals surface area contributed by atoms with Crippen molar-refractivity contribution in [3.8, 4) is 0 Å². The summed E-state index contributed by atoms with van der Waals surface area (Å²) in [7, 11) is 1.94. The number of nitrogens with zero attached hydrogens (tertiary/aromatic N) is 1. The van der Waals surface area contributed by atoms with E-state index in [2.05, 4.69) is 0 Å². The van der Waals surface area contributed by atoms with Crippen LogP contribution in [-0.2, 0) is 0 Å². The van der Waals surface area contributed by atoms with E-state index in [9.17, 15) is 4.39 Å². The van der Waals surface area contributed by atoms with Gasteiger partial charge in [0.1, 0.15) is 5.82 Å². The van der Waals surface area contributed by atoms with Crippen LogP contribution in [0.2, 0.25) is 5.02 Å². The summed E-state index contributed by atoms with van der Waals surface area (Å²) in [5.41, 5.74) is 7.69. The number of likely N-dealkylation sites (N-methyl/N-ethyl adjacent to an activating group) is 1. The average molecular weight is 279 g/mol. The van der Waals surface area contributed by atoms with Crippen LogP contribution >= 0.6 is 11.6 Å². The van der Waals surface area contributed by atoms with Crippen LogP contribution in [0.3, 0.4) is 0 Å². The van der Waals surface area contributed by atoms with Crippen LogP contribution in [0.4, 0.5) is 10.1 Å². The van der Waals surface area contributed by atoms with E-state index in [1.165, 1.54) is 6.07 Å². The Kier molecular flexibility index (Phi) is 4.40. The van der Waals surface area contributed by atoms with Crippen molar-refractivity contribution in [1.82, 2.24) is 0 Å². The second-order valence-corrected chi connectivity index (χ2v) is 4.78. The van der Waals surface area contributed by atoms with Gasteiger partial charge in [0.05, 0.1) is 11.1 Å². The number of para-hydroxylation sites is 1. The zero-order valence-electron chi connectivity index (χ0n) is 10.7. The van der Waals surface area contributed by atoms with E-state index in [0.29, 0.717) is 6.54 Å². The van der Waals surface area contributed by atoms with Crippen LogP contribution in [0.1, 0.15) is 11.6 Å². The standard InChI is InChI=1S/C15H16ClFN2/c1-19(12-5-3-2-4-6-12)15(10-18)11-7-8-13(16)14(17)9-11/h2-9,15H,10,18H2,1H3. The highest BCUT2D eigenvalue weighted by atomic mass is 35.5. The molecule has 0 fully saturated rings. The normalized spacial score (nSPS) is 12.2. The van der Waals surface area contributed by atoms with Crippen molar-refractivity contribution in [1.29, 1.82) is 0 Å². The largest absolute Gasteiger partial charge is 0.366 e. The molecule has 100 valence electrons. The summed E-state index contributed by atoms with van der Waals surface area (Å²) in [5, 5.41) is 0.127. The highest BCUT2D eigenvalue weighted by molar-refractivity contribution is 6.30. The molecule has 19 heavy (non-hydrogen) atoms. The number of benzene rings is 2. The molecule has 2 N–H and O–H groups in total. The minimum atomic E-state index is -0.418. The molecule has 0 heterocycles. The fourth-order valence-corrected chi connectivity index (χ4v) is 2.20. The van der Waals surface area contributed by atoms with Crippen LogP contribution < -0.4 is 10.6 Å². The SMILES string of the molecule is CN(c1ccccc1)C(CN)c1ccc(Cl)c(F)c1. The van der Waals surface area contributed by atoms with Gasteiger partial charge in [0.15, 0.2) is 0 Å². The second kappa shape index (κ2) is 6.04. The Morgan fingerprint density at radius 3 is 2.47 bits per heavy atom. The molecule has 0 saturated carbocycles. The molecule has 0 amide bonds. The molecule has 4 heteroatoms. The molecule has 0 saturated heterocycles. The topological polar surface area (TPSA) is 29.3 Å². The molecule has 0 spiro atoms. The molecular weight excluding hydrogens is 263 g/mol. The molecule has 2 aromatic carbocycles. The highest BCUT2D eigenvalue weighted by Gasteiger charge is 2.17. The second-order valence-electron chi connectivity index (χ2n) is 4.37. The Hall–Kier alpha value is -1.58. The summed E-state index contributed by atoms with van der Waals surface area (Å²) in [6.07, 6.45) is 0. The number of halogens is 2. The fraction of sp³-hybridized carbons (Fsp3) is 0.200. The van der Waals surface area contributed by atoms with E-state index in [4.69, 9.17) is 17.3 Å². The quantitative estimate of drug-likeness (QED) is 0.926. The molecule has 1 unspecified atom stereocenters. The molecule has 0 bridgehead atoms. The molecule has 0 aliphatic rings. The van der Waals surface area contributed by atoms with E-state index in [-0.39, 0.29) is 11.1 Å². The van der Waals surface area contributed by atoms with Gasteiger partial charge < -0.3 is 10.6 Å². The third kappa shape index (κ3) is 3.06. The summed E-state index contributed by atoms with van der Waals surface area (Å²) in [4.78, 5) is 2.03. The molecule has 0 aromatic heterocycles. The van der Waals surface area contributed by atoms with Gasteiger partial charge in [-0.2, -0.15) is 0 Å². The molecule has 1 atom stereocenters.